The van der Waals surface area contributed by atoms with E-state index >= 15 is 0 Å². The van der Waals surface area contributed by atoms with E-state index in [1.165, 1.54) is 12.0 Å². The molecule has 1 fully saturated rings. The molecule has 0 aliphatic carbocycles. The number of benzene rings is 1. The van der Waals surface area contributed by atoms with E-state index < -0.39 is 0 Å². The van der Waals surface area contributed by atoms with Crippen molar-refractivity contribution in [2.75, 3.05) is 39.7 Å². The largest absolute Gasteiger partial charge is 0.496 e. The standard InChI is InChI=1S/C15H20N2O4/c1-17(2)15(19)12-8-11(4-5-13(12)20-3)16-14(18)10-6-7-21-9-10/h4-5,8,10H,6-7,9H2,1-3H3,(H,16,18). The predicted molar refractivity (Wildman–Crippen MR) is 78.6 cm³/mol. The minimum absolute atomic E-state index is 0.0825. The summed E-state index contributed by atoms with van der Waals surface area (Å²) in [5, 5.41) is 2.82. The fraction of sp³-hybridized carbons (Fsp3) is 0.467. The van der Waals surface area contributed by atoms with Crippen LogP contribution in [-0.2, 0) is 9.53 Å². The topological polar surface area (TPSA) is 67.9 Å². The number of carbonyl (C=O) groups is 2. The van der Waals surface area contributed by atoms with Crippen molar-refractivity contribution in [3.63, 3.8) is 0 Å². The van der Waals surface area contributed by atoms with Crippen LogP contribution in [-0.4, -0.2) is 51.1 Å². The maximum Gasteiger partial charge on any atom is 0.257 e. The number of methoxy groups -OCH3 is 1. The molecule has 2 rings (SSSR count). The summed E-state index contributed by atoms with van der Waals surface area (Å²) in [6.45, 7) is 1.07. The van der Waals surface area contributed by atoms with Crippen LogP contribution < -0.4 is 10.1 Å². The average molecular weight is 292 g/mol. The number of anilines is 1. The first-order valence-electron chi connectivity index (χ1n) is 6.81. The second-order valence-electron chi connectivity index (χ2n) is 5.16. The summed E-state index contributed by atoms with van der Waals surface area (Å²) in [5.74, 6) is 0.101. The molecule has 0 bridgehead atoms. The van der Waals surface area contributed by atoms with Crippen molar-refractivity contribution in [3.8, 4) is 5.75 Å². The number of nitrogens with one attached hydrogen (secondary N) is 1. The van der Waals surface area contributed by atoms with Crippen molar-refractivity contribution in [1.82, 2.24) is 4.90 Å². The first-order valence-corrected chi connectivity index (χ1v) is 6.81. The number of amides is 2. The van der Waals surface area contributed by atoms with E-state index in [1.54, 1.807) is 32.3 Å². The molecule has 21 heavy (non-hydrogen) atoms. The van der Waals surface area contributed by atoms with Crippen LogP contribution in [0.1, 0.15) is 16.8 Å². The normalized spacial score (nSPS) is 17.4. The number of carbonyl (C=O) groups excluding carboxylic acids is 2. The van der Waals surface area contributed by atoms with Crippen LogP contribution in [0.2, 0.25) is 0 Å². The highest BCUT2D eigenvalue weighted by Gasteiger charge is 2.24. The van der Waals surface area contributed by atoms with Gasteiger partial charge in [-0.2, -0.15) is 0 Å². The van der Waals surface area contributed by atoms with Gasteiger partial charge in [0, 0.05) is 26.4 Å². The Kier molecular flexibility index (Phi) is 4.80. The fourth-order valence-corrected chi connectivity index (χ4v) is 2.18. The Bertz CT molecular complexity index is 536. The van der Waals surface area contributed by atoms with Gasteiger partial charge in [0.15, 0.2) is 0 Å². The first-order chi connectivity index (χ1) is 10.0. The van der Waals surface area contributed by atoms with Crippen LogP contribution in [0, 0.1) is 5.92 Å². The van der Waals surface area contributed by atoms with Gasteiger partial charge in [0.05, 0.1) is 25.2 Å². The molecule has 2 amide bonds. The van der Waals surface area contributed by atoms with E-state index in [2.05, 4.69) is 5.32 Å². The van der Waals surface area contributed by atoms with Gasteiger partial charge in [0.25, 0.3) is 5.91 Å². The maximum atomic E-state index is 12.1. The smallest absolute Gasteiger partial charge is 0.257 e. The first kappa shape index (κ1) is 15.3. The Morgan fingerprint density at radius 3 is 2.71 bits per heavy atom. The lowest BCUT2D eigenvalue weighted by Gasteiger charge is -2.15. The van der Waals surface area contributed by atoms with Crippen LogP contribution in [0.4, 0.5) is 5.69 Å². The van der Waals surface area contributed by atoms with Gasteiger partial charge in [-0.3, -0.25) is 9.59 Å². The molecule has 1 atom stereocenters. The molecule has 0 spiro atoms. The third-order valence-electron chi connectivity index (χ3n) is 3.40. The zero-order valence-corrected chi connectivity index (χ0v) is 12.5. The van der Waals surface area contributed by atoms with E-state index in [0.717, 1.165) is 6.42 Å². The van der Waals surface area contributed by atoms with E-state index in [4.69, 9.17) is 9.47 Å². The molecule has 0 aromatic heterocycles. The van der Waals surface area contributed by atoms with Crippen LogP contribution >= 0.6 is 0 Å². The number of hydrogen-bond donors (Lipinski definition) is 1. The van der Waals surface area contributed by atoms with E-state index in [-0.39, 0.29) is 17.7 Å². The molecule has 1 N–H and O–H groups in total. The van der Waals surface area contributed by atoms with Crippen molar-refractivity contribution in [1.29, 1.82) is 0 Å². The molecule has 1 unspecified atom stereocenters. The lowest BCUT2D eigenvalue weighted by Crippen LogP contribution is -2.24. The summed E-state index contributed by atoms with van der Waals surface area (Å²) in [7, 11) is 4.85. The Hall–Kier alpha value is -2.08. The van der Waals surface area contributed by atoms with Crippen molar-refractivity contribution in [2.24, 2.45) is 5.92 Å². The SMILES string of the molecule is COc1ccc(NC(=O)C2CCOC2)cc1C(=O)N(C)C. The average Bonchev–Trinajstić information content (AvgIpc) is 3.00. The highest BCUT2D eigenvalue weighted by Crippen LogP contribution is 2.24. The van der Waals surface area contributed by atoms with Gasteiger partial charge < -0.3 is 19.7 Å². The Morgan fingerprint density at radius 2 is 2.14 bits per heavy atom. The summed E-state index contributed by atoms with van der Waals surface area (Å²) in [5.41, 5.74) is 1.00. The van der Waals surface area contributed by atoms with E-state index in [1.807, 2.05) is 0 Å². The van der Waals surface area contributed by atoms with Gasteiger partial charge >= 0.3 is 0 Å². The lowest BCUT2D eigenvalue weighted by molar-refractivity contribution is -0.119. The third-order valence-corrected chi connectivity index (χ3v) is 3.40. The maximum absolute atomic E-state index is 12.1. The fourth-order valence-electron chi connectivity index (χ4n) is 2.18. The second-order valence-corrected chi connectivity index (χ2v) is 5.16. The molecule has 1 aliphatic rings. The number of rotatable bonds is 4. The second kappa shape index (κ2) is 6.58. The van der Waals surface area contributed by atoms with Crippen molar-refractivity contribution < 1.29 is 19.1 Å². The molecule has 1 saturated heterocycles. The van der Waals surface area contributed by atoms with Crippen LogP contribution in [0.25, 0.3) is 0 Å². The number of nitrogens with zero attached hydrogens (tertiary/aromatic N) is 1. The molecular weight excluding hydrogens is 272 g/mol. The summed E-state index contributed by atoms with van der Waals surface area (Å²) in [4.78, 5) is 25.7. The molecule has 1 aliphatic heterocycles. The minimum atomic E-state index is -0.174. The van der Waals surface area contributed by atoms with Gasteiger partial charge in [-0.15, -0.1) is 0 Å². The number of ether oxygens (including phenoxy) is 2. The van der Waals surface area contributed by atoms with Crippen molar-refractivity contribution in [2.45, 2.75) is 6.42 Å². The highest BCUT2D eigenvalue weighted by atomic mass is 16.5. The molecule has 0 saturated carbocycles. The summed E-state index contributed by atoms with van der Waals surface area (Å²) in [6, 6.07) is 5.03. The minimum Gasteiger partial charge on any atom is -0.496 e. The van der Waals surface area contributed by atoms with Crippen LogP contribution in [0.3, 0.4) is 0 Å². The van der Waals surface area contributed by atoms with Gasteiger partial charge in [0.2, 0.25) is 5.91 Å². The van der Waals surface area contributed by atoms with Gasteiger partial charge in [0.1, 0.15) is 5.75 Å². The van der Waals surface area contributed by atoms with Gasteiger partial charge in [-0.25, -0.2) is 0 Å². The van der Waals surface area contributed by atoms with Gasteiger partial charge in [-0.1, -0.05) is 0 Å². The molecule has 0 radical (unpaired) electrons. The van der Waals surface area contributed by atoms with E-state index in [9.17, 15) is 9.59 Å². The molecule has 1 aromatic rings. The summed E-state index contributed by atoms with van der Waals surface area (Å²) < 4.78 is 10.4. The zero-order chi connectivity index (χ0) is 15.4. The van der Waals surface area contributed by atoms with Crippen LogP contribution in [0.5, 0.6) is 5.75 Å². The molecule has 6 heteroatoms. The molecule has 1 aromatic carbocycles. The Morgan fingerprint density at radius 1 is 1.38 bits per heavy atom. The van der Waals surface area contributed by atoms with Gasteiger partial charge in [-0.05, 0) is 24.6 Å². The molecule has 6 nitrogen and oxygen atoms in total. The molecule has 1 heterocycles. The summed E-state index contributed by atoms with van der Waals surface area (Å²) >= 11 is 0. The Labute approximate surface area is 124 Å². The molecule has 114 valence electrons. The van der Waals surface area contributed by atoms with E-state index in [0.29, 0.717) is 30.2 Å². The monoisotopic (exact) mass is 292 g/mol. The highest BCUT2D eigenvalue weighted by molar-refractivity contribution is 5.99. The lowest BCUT2D eigenvalue weighted by atomic mass is 10.1. The predicted octanol–water partition coefficient (Wildman–Crippen LogP) is 1.37. The van der Waals surface area contributed by atoms with Crippen LogP contribution in [0.15, 0.2) is 18.2 Å². The van der Waals surface area contributed by atoms with Crippen molar-refractivity contribution in [3.05, 3.63) is 23.8 Å². The van der Waals surface area contributed by atoms with Crippen molar-refractivity contribution >= 4 is 17.5 Å². The third kappa shape index (κ3) is 3.52. The quantitative estimate of drug-likeness (QED) is 0.910. The summed E-state index contributed by atoms with van der Waals surface area (Å²) in [6.07, 6.45) is 0.728. The number of hydrogen-bond acceptors (Lipinski definition) is 4. The zero-order valence-electron chi connectivity index (χ0n) is 12.5. The Balaban J connectivity index is 2.18. The molecular formula is C15H20N2O4.